The minimum absolute atomic E-state index is 0. The Morgan fingerprint density at radius 2 is 2.07 bits per heavy atom. The molecule has 1 aromatic carbocycles. The predicted molar refractivity (Wildman–Crippen MR) is 98.2 cm³/mol. The molecule has 0 saturated carbocycles. The van der Waals surface area contributed by atoms with Gasteiger partial charge in [0.2, 0.25) is 5.91 Å². The van der Waals surface area contributed by atoms with Crippen LogP contribution in [0.4, 0.5) is 13.2 Å². The van der Waals surface area contributed by atoms with E-state index >= 15 is 0 Å². The van der Waals surface area contributed by atoms with Gasteiger partial charge in [0.25, 0.3) is 0 Å². The van der Waals surface area contributed by atoms with E-state index in [1.807, 2.05) is 0 Å². The summed E-state index contributed by atoms with van der Waals surface area (Å²) in [7, 11) is 0. The largest absolute Gasteiger partial charge is 0.416 e. The molecular formula is C18H22ClF3N4O. The van der Waals surface area contributed by atoms with E-state index in [4.69, 9.17) is 0 Å². The predicted octanol–water partition coefficient (Wildman–Crippen LogP) is 3.30. The molecule has 5 nitrogen and oxygen atoms in total. The lowest BCUT2D eigenvalue weighted by Crippen LogP contribution is -2.40. The summed E-state index contributed by atoms with van der Waals surface area (Å²) in [5.41, 5.74) is 1.10. The summed E-state index contributed by atoms with van der Waals surface area (Å²) in [6.45, 7) is 4.16. The van der Waals surface area contributed by atoms with Crippen molar-refractivity contribution in [2.45, 2.75) is 45.5 Å². The fourth-order valence-corrected chi connectivity index (χ4v) is 3.22. The lowest BCUT2D eigenvalue weighted by Gasteiger charge is -2.17. The molecule has 3 rings (SSSR count). The zero-order valence-corrected chi connectivity index (χ0v) is 15.9. The van der Waals surface area contributed by atoms with E-state index in [0.29, 0.717) is 12.1 Å². The summed E-state index contributed by atoms with van der Waals surface area (Å²) in [5.74, 6) is -0.266. The number of hydrogen-bond donors (Lipinski definition) is 2. The first-order valence-corrected chi connectivity index (χ1v) is 8.50. The van der Waals surface area contributed by atoms with Gasteiger partial charge in [-0.25, -0.2) is 4.68 Å². The molecule has 2 aromatic rings. The zero-order valence-electron chi connectivity index (χ0n) is 15.1. The fourth-order valence-electron chi connectivity index (χ4n) is 3.22. The van der Waals surface area contributed by atoms with Crippen molar-refractivity contribution in [3.05, 3.63) is 46.8 Å². The highest BCUT2D eigenvalue weighted by atomic mass is 35.5. The van der Waals surface area contributed by atoms with Crippen LogP contribution in [0.5, 0.6) is 0 Å². The van der Waals surface area contributed by atoms with Gasteiger partial charge < -0.3 is 10.6 Å². The molecule has 1 aliphatic heterocycles. The van der Waals surface area contributed by atoms with Crippen LogP contribution < -0.4 is 10.6 Å². The average Bonchev–Trinajstić information content (AvgIpc) is 3.21. The molecule has 1 saturated heterocycles. The zero-order chi connectivity index (χ0) is 18.9. The van der Waals surface area contributed by atoms with Crippen LogP contribution in [0.15, 0.2) is 24.3 Å². The fraction of sp³-hybridized carbons (Fsp3) is 0.444. The van der Waals surface area contributed by atoms with Gasteiger partial charge in [-0.05, 0) is 57.0 Å². The highest BCUT2D eigenvalue weighted by Crippen LogP contribution is 2.33. The standard InChI is InChI=1S/C18H21F3N4O.ClH/c1-11-8-12(2)25(24-11)14-6-5-13(15(9-14)18(19,20)21)10-23-17(26)16-4-3-7-22-16;/h5-6,8-9,16,22H,3-4,7,10H2,1-2H3,(H,23,26);1H. The van der Waals surface area contributed by atoms with Crippen molar-refractivity contribution in [1.82, 2.24) is 20.4 Å². The molecule has 148 valence electrons. The summed E-state index contributed by atoms with van der Waals surface area (Å²) in [5, 5.41) is 9.87. The molecule has 0 radical (unpaired) electrons. The Hall–Kier alpha value is -2.06. The molecular weight excluding hydrogens is 381 g/mol. The van der Waals surface area contributed by atoms with Gasteiger partial charge in [-0.3, -0.25) is 4.79 Å². The molecule has 1 fully saturated rings. The van der Waals surface area contributed by atoms with Crippen molar-refractivity contribution in [3.63, 3.8) is 0 Å². The number of benzene rings is 1. The van der Waals surface area contributed by atoms with Gasteiger partial charge in [0, 0.05) is 12.2 Å². The second-order valence-corrected chi connectivity index (χ2v) is 6.54. The van der Waals surface area contributed by atoms with Crippen molar-refractivity contribution in [2.75, 3.05) is 6.54 Å². The van der Waals surface area contributed by atoms with E-state index in [2.05, 4.69) is 15.7 Å². The molecule has 2 N–H and O–H groups in total. The Morgan fingerprint density at radius 3 is 2.63 bits per heavy atom. The number of halogens is 4. The second kappa shape index (κ2) is 8.31. The molecule has 0 spiro atoms. The lowest BCUT2D eigenvalue weighted by atomic mass is 10.1. The first-order chi connectivity index (χ1) is 12.3. The van der Waals surface area contributed by atoms with Crippen molar-refractivity contribution >= 4 is 18.3 Å². The highest BCUT2D eigenvalue weighted by molar-refractivity contribution is 5.85. The third kappa shape index (κ3) is 4.81. The monoisotopic (exact) mass is 402 g/mol. The molecule has 9 heteroatoms. The normalized spacial score (nSPS) is 16.9. The third-order valence-electron chi connectivity index (χ3n) is 4.48. The highest BCUT2D eigenvalue weighted by Gasteiger charge is 2.34. The van der Waals surface area contributed by atoms with Crippen molar-refractivity contribution in [2.24, 2.45) is 0 Å². The number of rotatable bonds is 4. The van der Waals surface area contributed by atoms with Gasteiger partial charge in [0.1, 0.15) is 0 Å². The number of aromatic nitrogens is 2. The molecule has 0 aliphatic carbocycles. The van der Waals surface area contributed by atoms with E-state index in [1.54, 1.807) is 26.0 Å². The van der Waals surface area contributed by atoms with Crippen LogP contribution in [-0.4, -0.2) is 28.3 Å². The number of amides is 1. The van der Waals surface area contributed by atoms with Gasteiger partial charge in [0.05, 0.1) is 23.0 Å². The smallest absolute Gasteiger partial charge is 0.351 e. The number of aryl methyl sites for hydroxylation is 2. The van der Waals surface area contributed by atoms with Crippen LogP contribution >= 0.6 is 12.4 Å². The molecule has 1 unspecified atom stereocenters. The Morgan fingerprint density at radius 1 is 1.33 bits per heavy atom. The second-order valence-electron chi connectivity index (χ2n) is 6.54. The molecule has 1 aromatic heterocycles. The maximum atomic E-state index is 13.5. The number of hydrogen-bond acceptors (Lipinski definition) is 3. The molecule has 27 heavy (non-hydrogen) atoms. The van der Waals surface area contributed by atoms with Crippen molar-refractivity contribution in [3.8, 4) is 5.69 Å². The Labute approximate surface area is 161 Å². The Bertz CT molecular complexity index is 813. The number of carbonyl (C=O) groups is 1. The molecule has 1 amide bonds. The number of nitrogens with zero attached hydrogens (tertiary/aromatic N) is 2. The SMILES string of the molecule is Cc1cc(C)n(-c2ccc(CNC(=O)C3CCCN3)c(C(F)(F)F)c2)n1.Cl. The van der Waals surface area contributed by atoms with E-state index in [9.17, 15) is 18.0 Å². The Kier molecular flexibility index (Phi) is 6.54. The lowest BCUT2D eigenvalue weighted by molar-refractivity contribution is -0.138. The van der Waals surface area contributed by atoms with E-state index < -0.39 is 11.7 Å². The Balaban J connectivity index is 0.00000261. The van der Waals surface area contributed by atoms with Crippen LogP contribution in [0.25, 0.3) is 5.69 Å². The number of nitrogens with one attached hydrogen (secondary N) is 2. The number of alkyl halides is 3. The van der Waals surface area contributed by atoms with Gasteiger partial charge in [0.15, 0.2) is 0 Å². The van der Waals surface area contributed by atoms with E-state index in [0.717, 1.165) is 30.4 Å². The third-order valence-corrected chi connectivity index (χ3v) is 4.48. The topological polar surface area (TPSA) is 59.0 Å². The maximum absolute atomic E-state index is 13.5. The van der Waals surface area contributed by atoms with Crippen LogP contribution in [0.1, 0.15) is 35.4 Å². The average molecular weight is 403 g/mol. The van der Waals surface area contributed by atoms with Crippen LogP contribution in [-0.2, 0) is 17.5 Å². The van der Waals surface area contributed by atoms with Crippen molar-refractivity contribution < 1.29 is 18.0 Å². The van der Waals surface area contributed by atoms with Gasteiger partial charge in [-0.2, -0.15) is 18.3 Å². The van der Waals surface area contributed by atoms with Crippen LogP contribution in [0.2, 0.25) is 0 Å². The minimum Gasteiger partial charge on any atom is -0.351 e. The summed E-state index contributed by atoms with van der Waals surface area (Å²) in [6.07, 6.45) is -2.92. The van der Waals surface area contributed by atoms with Crippen molar-refractivity contribution in [1.29, 1.82) is 0 Å². The van der Waals surface area contributed by atoms with Crippen LogP contribution in [0, 0.1) is 13.8 Å². The van der Waals surface area contributed by atoms with Crippen LogP contribution in [0.3, 0.4) is 0 Å². The van der Waals surface area contributed by atoms with Gasteiger partial charge in [-0.1, -0.05) is 6.07 Å². The summed E-state index contributed by atoms with van der Waals surface area (Å²) in [4.78, 5) is 12.0. The van der Waals surface area contributed by atoms with E-state index in [1.165, 1.54) is 10.7 Å². The van der Waals surface area contributed by atoms with Gasteiger partial charge >= 0.3 is 6.18 Å². The molecule has 1 aliphatic rings. The quantitative estimate of drug-likeness (QED) is 0.825. The maximum Gasteiger partial charge on any atom is 0.416 e. The van der Waals surface area contributed by atoms with E-state index in [-0.39, 0.29) is 36.5 Å². The minimum atomic E-state index is -4.52. The summed E-state index contributed by atoms with van der Waals surface area (Å²) >= 11 is 0. The number of carbonyl (C=O) groups excluding carboxylic acids is 1. The molecule has 1 atom stereocenters. The molecule has 0 bridgehead atoms. The molecule has 2 heterocycles. The summed E-state index contributed by atoms with van der Waals surface area (Å²) in [6, 6.07) is 5.55. The first-order valence-electron chi connectivity index (χ1n) is 8.50. The summed E-state index contributed by atoms with van der Waals surface area (Å²) < 4.78 is 42.0. The first kappa shape index (κ1) is 21.2. The van der Waals surface area contributed by atoms with Gasteiger partial charge in [-0.15, -0.1) is 12.4 Å².